The molecule has 1 aromatic carbocycles. The first-order chi connectivity index (χ1) is 11.7. The second-order valence-corrected chi connectivity index (χ2v) is 6.95. The van der Waals surface area contributed by atoms with Gasteiger partial charge in [-0.2, -0.15) is 0 Å². The van der Waals surface area contributed by atoms with Crippen molar-refractivity contribution in [1.29, 1.82) is 0 Å². The number of amides is 1. The molecule has 2 aliphatic rings. The van der Waals surface area contributed by atoms with Gasteiger partial charge in [-0.1, -0.05) is 6.42 Å². The van der Waals surface area contributed by atoms with E-state index in [9.17, 15) is 4.79 Å². The predicted molar refractivity (Wildman–Crippen MR) is 101 cm³/mol. The van der Waals surface area contributed by atoms with Crippen molar-refractivity contribution in [3.05, 3.63) is 24.3 Å². The molecule has 5 nitrogen and oxygen atoms in total. The Hall–Kier alpha value is -1.30. The fourth-order valence-corrected chi connectivity index (χ4v) is 3.54. The summed E-state index contributed by atoms with van der Waals surface area (Å²) in [5, 5.41) is 3.00. The number of carbonyl (C=O) groups is 1. The van der Waals surface area contributed by atoms with Gasteiger partial charge >= 0.3 is 0 Å². The molecular weight excluding hydrogens is 340 g/mol. The summed E-state index contributed by atoms with van der Waals surface area (Å²) in [5.74, 6) is 0.869. The van der Waals surface area contributed by atoms with Crippen LogP contribution in [0.25, 0.3) is 0 Å². The molecule has 0 spiro atoms. The van der Waals surface area contributed by atoms with Gasteiger partial charge < -0.3 is 20.5 Å². The molecule has 1 saturated carbocycles. The van der Waals surface area contributed by atoms with Crippen molar-refractivity contribution in [3.63, 3.8) is 0 Å². The van der Waals surface area contributed by atoms with E-state index >= 15 is 0 Å². The van der Waals surface area contributed by atoms with Crippen LogP contribution in [0.4, 0.5) is 5.69 Å². The molecule has 3 N–H and O–H groups in total. The highest BCUT2D eigenvalue weighted by molar-refractivity contribution is 5.95. The van der Waals surface area contributed by atoms with Crippen molar-refractivity contribution in [2.75, 3.05) is 25.1 Å². The highest BCUT2D eigenvalue weighted by Gasteiger charge is 2.38. The maximum atomic E-state index is 12.6. The van der Waals surface area contributed by atoms with Gasteiger partial charge in [0.05, 0.1) is 11.5 Å². The normalized spacial score (nSPS) is 20.4. The number of anilines is 1. The van der Waals surface area contributed by atoms with Gasteiger partial charge in [-0.25, -0.2) is 0 Å². The van der Waals surface area contributed by atoms with E-state index in [4.69, 9.17) is 15.2 Å². The van der Waals surface area contributed by atoms with E-state index < -0.39 is 5.41 Å². The number of carbonyl (C=O) groups excluding carboxylic acids is 1. The zero-order valence-electron chi connectivity index (χ0n) is 14.7. The van der Waals surface area contributed by atoms with Gasteiger partial charge in [0, 0.05) is 25.4 Å². The number of halogens is 1. The first-order valence-electron chi connectivity index (χ1n) is 9.08. The molecule has 1 aliphatic heterocycles. The molecule has 140 valence electrons. The molecule has 6 heteroatoms. The van der Waals surface area contributed by atoms with Crippen LogP contribution in [0.2, 0.25) is 0 Å². The number of ether oxygens (including phenoxy) is 2. The van der Waals surface area contributed by atoms with Gasteiger partial charge in [0.1, 0.15) is 5.75 Å². The Morgan fingerprint density at radius 2 is 1.80 bits per heavy atom. The quantitative estimate of drug-likeness (QED) is 0.834. The van der Waals surface area contributed by atoms with Crippen molar-refractivity contribution in [1.82, 2.24) is 0 Å². The van der Waals surface area contributed by atoms with Crippen LogP contribution in [-0.2, 0) is 9.53 Å². The summed E-state index contributed by atoms with van der Waals surface area (Å²) in [7, 11) is 0. The average Bonchev–Trinajstić information content (AvgIpc) is 2.64. The number of hydrogen-bond acceptors (Lipinski definition) is 4. The molecule has 1 heterocycles. The lowest BCUT2D eigenvalue weighted by Crippen LogP contribution is -2.46. The Morgan fingerprint density at radius 1 is 1.16 bits per heavy atom. The summed E-state index contributed by atoms with van der Waals surface area (Å²) < 4.78 is 11.4. The molecule has 1 aliphatic carbocycles. The summed E-state index contributed by atoms with van der Waals surface area (Å²) >= 11 is 0. The van der Waals surface area contributed by atoms with E-state index in [0.717, 1.165) is 24.3 Å². The molecule has 0 radical (unpaired) electrons. The molecule has 0 unspecified atom stereocenters. The minimum absolute atomic E-state index is 0. The van der Waals surface area contributed by atoms with E-state index in [1.807, 2.05) is 24.3 Å². The number of rotatable bonds is 5. The molecule has 0 atom stereocenters. The summed E-state index contributed by atoms with van der Waals surface area (Å²) in [5.41, 5.74) is 6.17. The number of nitrogens with two attached hydrogens (primary N) is 1. The van der Waals surface area contributed by atoms with Crippen molar-refractivity contribution < 1.29 is 14.3 Å². The number of benzene rings is 1. The minimum Gasteiger partial charge on any atom is -0.490 e. The van der Waals surface area contributed by atoms with Gasteiger partial charge in [-0.05, 0) is 62.8 Å². The standard InChI is InChI=1S/C19H28N2O3.ClH/c20-14-19(10-12-23-13-11-19)18(22)21-15-6-8-17(9-7-15)24-16-4-2-1-3-5-16;/h6-9,16H,1-5,10-14,20H2,(H,21,22);1H. The van der Waals surface area contributed by atoms with Crippen molar-refractivity contribution in [2.24, 2.45) is 11.1 Å². The highest BCUT2D eigenvalue weighted by Crippen LogP contribution is 2.31. The third-order valence-electron chi connectivity index (χ3n) is 5.29. The highest BCUT2D eigenvalue weighted by atomic mass is 35.5. The van der Waals surface area contributed by atoms with E-state index in [-0.39, 0.29) is 18.3 Å². The molecule has 1 aromatic rings. The largest absolute Gasteiger partial charge is 0.490 e. The van der Waals surface area contributed by atoms with E-state index in [0.29, 0.717) is 38.7 Å². The Bertz CT molecular complexity index is 538. The SMILES string of the molecule is Cl.NCC1(C(=O)Nc2ccc(OC3CCCCC3)cc2)CCOCC1. The molecule has 3 rings (SSSR count). The Balaban J connectivity index is 0.00000225. The Morgan fingerprint density at radius 3 is 2.40 bits per heavy atom. The predicted octanol–water partition coefficient (Wildman–Crippen LogP) is 3.51. The maximum Gasteiger partial charge on any atom is 0.232 e. The van der Waals surface area contributed by atoms with Crippen molar-refractivity contribution in [2.45, 2.75) is 51.0 Å². The van der Waals surface area contributed by atoms with Crippen LogP contribution in [-0.4, -0.2) is 31.8 Å². The monoisotopic (exact) mass is 368 g/mol. The second kappa shape index (κ2) is 9.41. The van der Waals surface area contributed by atoms with Crippen LogP contribution in [0.15, 0.2) is 24.3 Å². The fourth-order valence-electron chi connectivity index (χ4n) is 3.54. The molecular formula is C19H29ClN2O3. The van der Waals surface area contributed by atoms with E-state index in [1.165, 1.54) is 19.3 Å². The molecule has 0 bridgehead atoms. The summed E-state index contributed by atoms with van der Waals surface area (Å²) in [6, 6.07) is 7.67. The first kappa shape index (κ1) is 20.0. The molecule has 25 heavy (non-hydrogen) atoms. The van der Waals surface area contributed by atoms with Gasteiger partial charge in [0.15, 0.2) is 0 Å². The van der Waals surface area contributed by atoms with Crippen LogP contribution in [0.3, 0.4) is 0 Å². The van der Waals surface area contributed by atoms with E-state index in [1.54, 1.807) is 0 Å². The van der Waals surface area contributed by atoms with Crippen LogP contribution < -0.4 is 15.8 Å². The smallest absolute Gasteiger partial charge is 0.232 e. The second-order valence-electron chi connectivity index (χ2n) is 6.95. The number of hydrogen-bond donors (Lipinski definition) is 2. The van der Waals surface area contributed by atoms with Crippen LogP contribution >= 0.6 is 12.4 Å². The minimum atomic E-state index is -0.504. The van der Waals surface area contributed by atoms with Gasteiger partial charge in [-0.15, -0.1) is 12.4 Å². The van der Waals surface area contributed by atoms with Crippen LogP contribution in [0.5, 0.6) is 5.75 Å². The van der Waals surface area contributed by atoms with Gasteiger partial charge in [-0.3, -0.25) is 4.79 Å². The fraction of sp³-hybridized carbons (Fsp3) is 0.632. The van der Waals surface area contributed by atoms with Gasteiger partial charge in [0.2, 0.25) is 5.91 Å². The Labute approximate surface area is 156 Å². The maximum absolute atomic E-state index is 12.6. The molecule has 1 saturated heterocycles. The van der Waals surface area contributed by atoms with E-state index in [2.05, 4.69) is 5.32 Å². The zero-order chi connectivity index (χ0) is 16.8. The number of nitrogens with one attached hydrogen (secondary N) is 1. The van der Waals surface area contributed by atoms with Crippen LogP contribution in [0, 0.1) is 5.41 Å². The lowest BCUT2D eigenvalue weighted by Gasteiger charge is -2.34. The van der Waals surface area contributed by atoms with Crippen LogP contribution in [0.1, 0.15) is 44.9 Å². The zero-order valence-corrected chi connectivity index (χ0v) is 15.5. The summed E-state index contributed by atoms with van der Waals surface area (Å²) in [6.07, 6.45) is 7.80. The molecule has 0 aromatic heterocycles. The van der Waals surface area contributed by atoms with Crippen molar-refractivity contribution >= 4 is 24.0 Å². The third-order valence-corrected chi connectivity index (χ3v) is 5.29. The van der Waals surface area contributed by atoms with Gasteiger partial charge in [0.25, 0.3) is 0 Å². The average molecular weight is 369 g/mol. The summed E-state index contributed by atoms with van der Waals surface area (Å²) in [4.78, 5) is 12.6. The topological polar surface area (TPSA) is 73.6 Å². The van der Waals surface area contributed by atoms with Crippen molar-refractivity contribution in [3.8, 4) is 5.75 Å². The summed E-state index contributed by atoms with van der Waals surface area (Å²) in [6.45, 7) is 1.54. The molecule has 2 fully saturated rings. The Kier molecular flexibility index (Phi) is 7.54. The lowest BCUT2D eigenvalue weighted by atomic mass is 9.79. The first-order valence-corrected chi connectivity index (χ1v) is 9.08. The lowest BCUT2D eigenvalue weighted by molar-refractivity contribution is -0.130. The molecule has 1 amide bonds. The third kappa shape index (κ3) is 5.09.